The number of amides is 4. The molecule has 2 N–H and O–H groups in total. The van der Waals surface area contributed by atoms with Gasteiger partial charge in [-0.3, -0.25) is 19.2 Å². The molecule has 103 heavy (non-hydrogen) atoms. The Morgan fingerprint density at radius 1 is 0.379 bits per heavy atom. The van der Waals surface area contributed by atoms with E-state index in [0.717, 1.165) is 57.0 Å². The minimum absolute atomic E-state index is 0. The van der Waals surface area contributed by atoms with Gasteiger partial charge >= 0.3 is 48.0 Å². The van der Waals surface area contributed by atoms with Crippen LogP contribution in [0.5, 0.6) is 0 Å². The first-order chi connectivity index (χ1) is 46.4. The zero-order valence-corrected chi connectivity index (χ0v) is 84.5. The van der Waals surface area contributed by atoms with Gasteiger partial charge in [0.25, 0.3) is 29.6 Å². The van der Waals surface area contributed by atoms with Gasteiger partial charge in [0.1, 0.15) is 22.6 Å². The van der Waals surface area contributed by atoms with Crippen molar-refractivity contribution in [1.29, 1.82) is 0 Å². The molecular formula is C50H62B6I9N10O20S6V2. The smallest absolute Gasteiger partial charge is 0.367 e. The number of hydrogen-bond donors (Lipinski definition) is 2. The van der Waals surface area contributed by atoms with E-state index in [1.165, 1.54) is 86.3 Å². The van der Waals surface area contributed by atoms with Crippen molar-refractivity contribution in [1.82, 2.24) is 49.5 Å². The van der Waals surface area contributed by atoms with Crippen molar-refractivity contribution in [3.63, 3.8) is 0 Å². The predicted molar refractivity (Wildman–Crippen MR) is 475 cm³/mol. The van der Waals surface area contributed by atoms with Crippen LogP contribution in [0.25, 0.3) is 0 Å². The molecule has 0 fully saturated rings. The van der Waals surface area contributed by atoms with Crippen LogP contribution in [0.4, 0.5) is 0 Å². The molecule has 0 saturated carbocycles. The van der Waals surface area contributed by atoms with Crippen LogP contribution in [0.2, 0.25) is 0 Å². The molecule has 0 saturated heterocycles. The number of thiazole rings is 6. The summed E-state index contributed by atoms with van der Waals surface area (Å²) in [4.78, 5) is 162. The van der Waals surface area contributed by atoms with Crippen molar-refractivity contribution >= 4 is 367 Å². The third-order valence-corrected chi connectivity index (χ3v) is 13.5. The Morgan fingerprint density at radius 2 is 0.544 bits per heavy atom. The SMILES string of the molecule is CN(C)C(=O)c1csc(C(=O)N(C)C)n1.CN(C)C(=O)c1nc(C(=O)OC(C)(C)C)cs1.COC(=O)c1nc(C(=O)N(C)C)cs1.COC(=O)c1nc(C(=O)O)cs1.COC(=O)c1nc(C(=O)O)cs1.COC(=O)c1nc(C(=O)OC(C)(C)C)cs1.IB(I)I.I[B]I.I[B]I.[B].[B]I.[B]I.[V].[V]. The summed E-state index contributed by atoms with van der Waals surface area (Å²) in [5, 5.41) is 26.7. The number of halogens is 9. The van der Waals surface area contributed by atoms with Crippen molar-refractivity contribution in [3.05, 3.63) is 96.5 Å². The van der Waals surface area contributed by atoms with E-state index in [1.54, 1.807) is 148 Å². The van der Waals surface area contributed by atoms with Gasteiger partial charge in [0.15, 0.2) is 44.2 Å². The molecule has 0 aliphatic heterocycles. The maximum Gasteiger partial charge on any atom is 0.367 e. The number of carboxylic acids is 2. The Labute approximate surface area is 771 Å². The number of esters is 6. The molecule has 559 valence electrons. The van der Waals surface area contributed by atoms with Crippen LogP contribution in [0.3, 0.4) is 0 Å². The predicted octanol–water partition coefficient (Wildman–Crippen LogP) is 11.8. The molecule has 0 aliphatic carbocycles. The van der Waals surface area contributed by atoms with Gasteiger partial charge in [-0.1, -0.05) is 0 Å². The van der Waals surface area contributed by atoms with Gasteiger partial charge in [0.2, 0.25) is 20.0 Å². The maximum absolute atomic E-state index is 11.7. The number of aromatic carboxylic acids is 2. The van der Waals surface area contributed by atoms with Gasteiger partial charge in [-0.05, 0) is 41.5 Å². The molecule has 11 radical (unpaired) electrons. The fourth-order valence-corrected chi connectivity index (χ4v) is 9.09. The van der Waals surface area contributed by atoms with Crippen molar-refractivity contribution in [3.8, 4) is 0 Å². The Morgan fingerprint density at radius 3 is 0.728 bits per heavy atom. The van der Waals surface area contributed by atoms with Crippen molar-refractivity contribution < 1.29 is 133 Å². The number of carboxylic acid groups (broad SMARTS) is 2. The molecule has 6 aromatic rings. The van der Waals surface area contributed by atoms with E-state index in [9.17, 15) is 57.5 Å². The van der Waals surface area contributed by atoms with Crippen LogP contribution in [-0.4, -0.2) is 253 Å². The summed E-state index contributed by atoms with van der Waals surface area (Å²) in [5.74, 6) is -6.48. The Hall–Kier alpha value is -0.452. The number of carbonyl (C=O) groups is 12. The third-order valence-electron chi connectivity index (χ3n) is 8.55. The number of hydrogen-bond acceptors (Lipinski definition) is 30. The Kier molecular flexibility index (Phi) is 76.0. The Bertz CT molecular complexity index is 3420. The van der Waals surface area contributed by atoms with Crippen molar-refractivity contribution in [2.75, 3.05) is 84.8 Å². The fourth-order valence-electron chi connectivity index (χ4n) is 4.65. The molecule has 4 amide bonds. The summed E-state index contributed by atoms with van der Waals surface area (Å²) in [6.45, 7) is 10.6. The normalized spacial score (nSPS) is 9.12. The number of nitrogens with zero attached hydrogens (tertiary/aromatic N) is 10. The molecule has 0 atom stereocenters. The molecule has 6 aromatic heterocycles. The van der Waals surface area contributed by atoms with Crippen LogP contribution in [-0.2, 0) is 65.5 Å². The van der Waals surface area contributed by atoms with Crippen LogP contribution < -0.4 is 0 Å². The zero-order valence-electron chi connectivity index (χ0n) is 57.4. The molecule has 6 heterocycles. The van der Waals surface area contributed by atoms with Crippen molar-refractivity contribution in [2.24, 2.45) is 0 Å². The molecule has 0 spiro atoms. The summed E-state index contributed by atoms with van der Waals surface area (Å²) in [6, 6.07) is 0. The van der Waals surface area contributed by atoms with Crippen molar-refractivity contribution in [2.45, 2.75) is 52.7 Å². The number of ether oxygens (including phenoxy) is 6. The zero-order chi connectivity index (χ0) is 79.1. The first-order valence-electron chi connectivity index (χ1n) is 25.7. The molecule has 6 rings (SSSR count). The molecule has 0 unspecified atom stereocenters. The monoisotopic (exact) mass is 2620 g/mol. The number of methoxy groups -OCH3 is 4. The topological polar surface area (TPSA) is 391 Å². The maximum atomic E-state index is 11.7. The average molecular weight is 2620 g/mol. The second-order valence-corrected chi connectivity index (χ2v) is 42.3. The fraction of sp³-hybridized carbons (Fsp3) is 0.400. The molecule has 0 bridgehead atoms. The van der Waals surface area contributed by atoms with Crippen LogP contribution in [0.15, 0.2) is 32.3 Å². The summed E-state index contributed by atoms with van der Waals surface area (Å²) < 4.78 is 32.5. The van der Waals surface area contributed by atoms with Gasteiger partial charge in [-0.15, -0.1) is 225 Å². The molecule has 53 heteroatoms. The first kappa shape index (κ1) is 118. The van der Waals surface area contributed by atoms with E-state index in [2.05, 4.69) is 217 Å². The summed E-state index contributed by atoms with van der Waals surface area (Å²) in [6.07, 6.45) is 0. The van der Waals surface area contributed by atoms with E-state index >= 15 is 0 Å². The molecule has 30 nitrogen and oxygen atoms in total. The molecular weight excluding hydrogens is 2560 g/mol. The first-order valence-corrected chi connectivity index (χ1v) is 42.1. The Balaban J connectivity index is -0.000000168. The third kappa shape index (κ3) is 54.8. The minimum atomic E-state index is -1.15. The minimum Gasteiger partial charge on any atom is -0.476 e. The van der Waals surface area contributed by atoms with E-state index in [1.807, 2.05) is 5.98 Å². The number of rotatable bonds is 12. The van der Waals surface area contributed by atoms with E-state index in [-0.39, 0.29) is 123 Å². The van der Waals surface area contributed by atoms with Gasteiger partial charge in [0, 0.05) is 134 Å². The number of aromatic nitrogens is 6. The van der Waals surface area contributed by atoms with Gasteiger partial charge in [0.05, 0.1) is 28.4 Å². The molecule has 0 aliphatic rings. The largest absolute Gasteiger partial charge is 0.476 e. The van der Waals surface area contributed by atoms with Crippen LogP contribution >= 0.6 is 269 Å². The second kappa shape index (κ2) is 66.2. The summed E-state index contributed by atoms with van der Waals surface area (Å²) in [5.41, 5.74) is 8.40. The summed E-state index contributed by atoms with van der Waals surface area (Å²) in [7, 11) is 18.1. The van der Waals surface area contributed by atoms with E-state index < -0.39 is 59.0 Å². The van der Waals surface area contributed by atoms with Gasteiger partial charge in [-0.25, -0.2) is 68.3 Å². The molecule has 0 aromatic carbocycles. The van der Waals surface area contributed by atoms with Crippen LogP contribution in [0, 0.1) is 0 Å². The summed E-state index contributed by atoms with van der Waals surface area (Å²) >= 11 is 25.2. The second-order valence-electron chi connectivity index (χ2n) is 19.0. The van der Waals surface area contributed by atoms with E-state index in [4.69, 9.17) is 19.7 Å². The van der Waals surface area contributed by atoms with Gasteiger partial charge in [-0.2, -0.15) is 44.7 Å². The quantitative estimate of drug-likeness (QED) is 0.0497. The van der Waals surface area contributed by atoms with E-state index in [0.29, 0.717) is 10.7 Å². The van der Waals surface area contributed by atoms with Gasteiger partial charge < -0.3 is 58.2 Å². The average Bonchev–Trinajstić information content (AvgIpc) is 1.76. The van der Waals surface area contributed by atoms with Crippen LogP contribution in [0.1, 0.15) is 163 Å². The number of carbonyl (C=O) groups excluding carboxylic acids is 10. The standard InChI is InChI=1S/C11H16N2O3S.C10H13NO4S.C9H13N3O2S.C8H10N2O3S.2C6H5NO4S.BI3.2BI2.2BI.B.2V/c1-11(2,3)16-10(15)7-6-17-8(12-7)9(14)13(4)5;1-10(2,3)15-8(12)6-5-16-7(11-6)9(13)14-4;1-11(2)8(13)6-5-15-7(10-6)9(14)12(3)4;1-10(2)7(11)5-4-14-6(9-5)8(12)13-3;2*1-11-6(10)4-7-3(2-12-4)5(8)9;2-1(3)4;2*2-1-3;2*1-2;;;/h6H,1-5H3;5H,1-4H3;5H,1-4H3;4H,1-3H3;2*2H,1H3,(H,8,9);;;;;;;;.